The summed E-state index contributed by atoms with van der Waals surface area (Å²) in [5, 5.41) is 0. The average Bonchev–Trinajstić information content (AvgIpc) is 2.72. The molecule has 0 bridgehead atoms. The molecule has 9 heteroatoms. The number of nitrogen functional groups attached to an aromatic ring is 2. The molecule has 2 aromatic rings. The Labute approximate surface area is 188 Å². The van der Waals surface area contributed by atoms with Gasteiger partial charge in [-0.05, 0) is 69.3 Å². The van der Waals surface area contributed by atoms with Crippen LogP contribution >= 0.6 is 0 Å². The number of hydrogen-bond acceptors (Lipinski definition) is 6. The van der Waals surface area contributed by atoms with Gasteiger partial charge in [0.05, 0.1) is 0 Å². The molecular weight excluding hydrogens is 410 g/mol. The number of hydrogen-bond donors (Lipinski definition) is 2. The topological polar surface area (TPSA) is 122 Å². The third-order valence-electron chi connectivity index (χ3n) is 4.61. The maximum atomic E-state index is 12.9. The third-order valence-corrected chi connectivity index (χ3v) is 4.61. The molecule has 0 saturated carbocycles. The zero-order valence-electron chi connectivity index (χ0n) is 19.2. The normalized spacial score (nSPS) is 10.9. The molecule has 2 rings (SSSR count). The van der Waals surface area contributed by atoms with Gasteiger partial charge in [0.15, 0.2) is 0 Å². The third kappa shape index (κ3) is 6.90. The van der Waals surface area contributed by atoms with E-state index in [0.29, 0.717) is 22.7 Å². The van der Waals surface area contributed by atoms with Crippen LogP contribution in [0.4, 0.5) is 27.5 Å². The second-order valence-electron chi connectivity index (χ2n) is 8.42. The van der Waals surface area contributed by atoms with Gasteiger partial charge in [-0.15, -0.1) is 0 Å². The highest BCUT2D eigenvalue weighted by molar-refractivity contribution is 5.99. The maximum absolute atomic E-state index is 12.9. The summed E-state index contributed by atoms with van der Waals surface area (Å²) >= 11 is 0. The van der Waals surface area contributed by atoms with E-state index in [-0.39, 0.29) is 24.9 Å². The Morgan fingerprint density at radius 2 is 1.09 bits per heavy atom. The summed E-state index contributed by atoms with van der Waals surface area (Å²) in [7, 11) is 3.17. The van der Waals surface area contributed by atoms with Crippen molar-refractivity contribution in [1.82, 2.24) is 4.90 Å². The predicted octanol–water partition coefficient (Wildman–Crippen LogP) is 2.71. The largest absolute Gasteiger partial charge is 0.444 e. The van der Waals surface area contributed by atoms with E-state index < -0.39 is 11.7 Å². The van der Waals surface area contributed by atoms with Gasteiger partial charge in [-0.1, -0.05) is 0 Å². The van der Waals surface area contributed by atoms with E-state index in [4.69, 9.17) is 16.2 Å². The Hall–Kier alpha value is -3.75. The summed E-state index contributed by atoms with van der Waals surface area (Å²) in [6.45, 7) is 4.48. The number of benzene rings is 2. The molecule has 0 fully saturated rings. The molecule has 2 aromatic carbocycles. The predicted molar refractivity (Wildman–Crippen MR) is 126 cm³/mol. The van der Waals surface area contributed by atoms with Gasteiger partial charge in [0.1, 0.15) is 18.7 Å². The van der Waals surface area contributed by atoms with E-state index in [0.717, 1.165) is 4.90 Å². The van der Waals surface area contributed by atoms with Crippen molar-refractivity contribution in [2.24, 2.45) is 0 Å². The van der Waals surface area contributed by atoms with Crippen LogP contribution in [-0.4, -0.2) is 55.6 Å². The molecule has 0 atom stereocenters. The summed E-state index contributed by atoms with van der Waals surface area (Å²) < 4.78 is 5.42. The van der Waals surface area contributed by atoms with Crippen LogP contribution in [0.3, 0.4) is 0 Å². The molecule has 9 nitrogen and oxygen atoms in total. The summed E-state index contributed by atoms with van der Waals surface area (Å²) in [5.74, 6) is -0.771. The summed E-state index contributed by atoms with van der Waals surface area (Å²) in [4.78, 5) is 42.4. The number of nitrogens with zero attached hydrogens (tertiary/aromatic N) is 3. The molecular formula is C23H31N5O4. The Morgan fingerprint density at radius 3 is 1.41 bits per heavy atom. The van der Waals surface area contributed by atoms with Gasteiger partial charge >= 0.3 is 6.09 Å². The number of nitrogens with two attached hydrogens (primary N) is 2. The van der Waals surface area contributed by atoms with E-state index in [1.807, 2.05) is 0 Å². The van der Waals surface area contributed by atoms with Crippen LogP contribution < -0.4 is 21.3 Å². The summed E-state index contributed by atoms with van der Waals surface area (Å²) in [5.41, 5.74) is 13.0. The summed E-state index contributed by atoms with van der Waals surface area (Å²) in [6.07, 6.45) is -0.754. The number of ether oxygens (including phenoxy) is 1. The fourth-order valence-corrected chi connectivity index (χ4v) is 2.73. The first-order valence-electron chi connectivity index (χ1n) is 10.1. The molecule has 0 aliphatic carbocycles. The lowest BCUT2D eigenvalue weighted by Gasteiger charge is -2.29. The molecule has 0 saturated heterocycles. The molecule has 0 aliphatic heterocycles. The van der Waals surface area contributed by atoms with Crippen molar-refractivity contribution < 1.29 is 19.1 Å². The fraction of sp³-hybridized carbons (Fsp3) is 0.348. The molecule has 4 N–H and O–H groups in total. The number of rotatable bonds is 6. The summed E-state index contributed by atoms with van der Waals surface area (Å²) in [6, 6.07) is 13.5. The lowest BCUT2D eigenvalue weighted by molar-refractivity contribution is -0.122. The minimum absolute atomic E-state index is 0.336. The zero-order chi connectivity index (χ0) is 24.1. The molecule has 32 heavy (non-hydrogen) atoms. The molecule has 172 valence electrons. The van der Waals surface area contributed by atoms with Crippen LogP contribution in [0.1, 0.15) is 20.8 Å². The highest BCUT2D eigenvalue weighted by atomic mass is 16.6. The van der Waals surface area contributed by atoms with Crippen LogP contribution in [0.15, 0.2) is 48.5 Å². The number of carbonyl (C=O) groups excluding carboxylic acids is 3. The van der Waals surface area contributed by atoms with Crippen molar-refractivity contribution >= 4 is 40.7 Å². The van der Waals surface area contributed by atoms with Crippen LogP contribution in [0.5, 0.6) is 0 Å². The van der Waals surface area contributed by atoms with E-state index in [9.17, 15) is 14.4 Å². The monoisotopic (exact) mass is 441 g/mol. The van der Waals surface area contributed by atoms with Crippen LogP contribution in [0.2, 0.25) is 0 Å². The quantitative estimate of drug-likeness (QED) is 0.665. The number of likely N-dealkylation sites (N-methyl/N-ethyl adjacent to an activating group) is 2. The van der Waals surface area contributed by atoms with Crippen LogP contribution in [-0.2, 0) is 14.3 Å². The lowest BCUT2D eigenvalue weighted by atomic mass is 10.2. The second kappa shape index (κ2) is 10.0. The lowest BCUT2D eigenvalue weighted by Crippen LogP contribution is -2.48. The molecule has 0 radical (unpaired) electrons. The standard InChI is InChI=1S/C23H31N5O4/c1-23(2,3)32-22(31)28(14-20(29)26(4)18-10-6-16(24)7-11-18)15-21(30)27(5)19-12-8-17(25)9-13-19/h6-13H,14-15,24-25H2,1-5H3. The minimum atomic E-state index is -0.785. The Morgan fingerprint density at radius 1 is 0.750 bits per heavy atom. The Balaban J connectivity index is 2.18. The van der Waals surface area contributed by atoms with Crippen molar-refractivity contribution in [3.05, 3.63) is 48.5 Å². The molecule has 0 unspecified atom stereocenters. The molecule has 0 aromatic heterocycles. The van der Waals surface area contributed by atoms with Crippen molar-refractivity contribution in [3.63, 3.8) is 0 Å². The fourth-order valence-electron chi connectivity index (χ4n) is 2.73. The minimum Gasteiger partial charge on any atom is -0.444 e. The van der Waals surface area contributed by atoms with Gasteiger partial charge in [-0.2, -0.15) is 0 Å². The number of carbonyl (C=O) groups is 3. The van der Waals surface area contributed by atoms with Gasteiger partial charge in [-0.25, -0.2) is 4.79 Å². The molecule has 0 aliphatic rings. The number of amides is 3. The van der Waals surface area contributed by atoms with E-state index in [1.54, 1.807) is 83.4 Å². The first-order valence-corrected chi connectivity index (χ1v) is 10.1. The smallest absolute Gasteiger partial charge is 0.411 e. The van der Waals surface area contributed by atoms with E-state index in [1.165, 1.54) is 9.80 Å². The van der Waals surface area contributed by atoms with Gasteiger partial charge in [0, 0.05) is 36.8 Å². The maximum Gasteiger partial charge on any atom is 0.411 e. The zero-order valence-corrected chi connectivity index (χ0v) is 19.2. The van der Waals surface area contributed by atoms with Gasteiger partial charge in [0.25, 0.3) is 0 Å². The van der Waals surface area contributed by atoms with Gasteiger partial charge in [0.2, 0.25) is 11.8 Å². The van der Waals surface area contributed by atoms with Crippen molar-refractivity contribution in [3.8, 4) is 0 Å². The van der Waals surface area contributed by atoms with Gasteiger partial charge < -0.3 is 26.0 Å². The Kier molecular flexibility index (Phi) is 7.69. The second-order valence-corrected chi connectivity index (χ2v) is 8.42. The molecule has 0 spiro atoms. The molecule has 0 heterocycles. The van der Waals surface area contributed by atoms with E-state index in [2.05, 4.69) is 0 Å². The van der Waals surface area contributed by atoms with Crippen molar-refractivity contribution in [1.29, 1.82) is 0 Å². The first-order chi connectivity index (χ1) is 14.9. The van der Waals surface area contributed by atoms with Gasteiger partial charge in [-0.3, -0.25) is 14.5 Å². The SMILES string of the molecule is CN(C(=O)CN(CC(=O)N(C)c1ccc(N)cc1)C(=O)OC(C)(C)C)c1ccc(N)cc1. The number of anilines is 4. The van der Waals surface area contributed by atoms with E-state index >= 15 is 0 Å². The molecule has 3 amide bonds. The highest BCUT2D eigenvalue weighted by Gasteiger charge is 2.28. The van der Waals surface area contributed by atoms with Crippen molar-refractivity contribution in [2.45, 2.75) is 26.4 Å². The van der Waals surface area contributed by atoms with Crippen LogP contribution in [0.25, 0.3) is 0 Å². The van der Waals surface area contributed by atoms with Crippen molar-refractivity contribution in [2.75, 3.05) is 48.5 Å². The highest BCUT2D eigenvalue weighted by Crippen LogP contribution is 2.18. The van der Waals surface area contributed by atoms with Crippen LogP contribution in [0, 0.1) is 0 Å². The Bertz CT molecular complexity index is 886. The average molecular weight is 442 g/mol. The first kappa shape index (κ1) is 24.5.